The van der Waals surface area contributed by atoms with Gasteiger partial charge < -0.3 is 14.8 Å². The van der Waals surface area contributed by atoms with Crippen LogP contribution in [-0.2, 0) is 9.47 Å². The number of nitrogens with one attached hydrogen (secondary N) is 1. The van der Waals surface area contributed by atoms with Crippen molar-refractivity contribution >= 4 is 17.5 Å². The van der Waals surface area contributed by atoms with E-state index in [4.69, 9.17) is 21.1 Å². The second-order valence-corrected chi connectivity index (χ2v) is 4.95. The smallest absolute Gasteiger partial charge is 0.271 e. The van der Waals surface area contributed by atoms with Crippen LogP contribution in [0.5, 0.6) is 0 Å². The first-order chi connectivity index (χ1) is 9.75. The molecule has 0 saturated carbocycles. The average Bonchev–Trinajstić information content (AvgIpc) is 2.96. The second-order valence-electron chi connectivity index (χ2n) is 4.56. The number of halogens is 1. The van der Waals surface area contributed by atoms with Gasteiger partial charge in [0.15, 0.2) is 10.8 Å². The van der Waals surface area contributed by atoms with E-state index in [0.717, 1.165) is 25.9 Å². The van der Waals surface area contributed by atoms with Crippen molar-refractivity contribution in [2.24, 2.45) is 0 Å². The van der Waals surface area contributed by atoms with Gasteiger partial charge in [0.05, 0.1) is 12.7 Å². The molecule has 1 N–H and O–H groups in total. The van der Waals surface area contributed by atoms with Gasteiger partial charge in [-0.3, -0.25) is 4.79 Å². The molecule has 1 unspecified atom stereocenters. The van der Waals surface area contributed by atoms with E-state index in [0.29, 0.717) is 19.8 Å². The van der Waals surface area contributed by atoms with Gasteiger partial charge in [-0.2, -0.15) is 0 Å². The Labute approximate surface area is 122 Å². The van der Waals surface area contributed by atoms with Crippen LogP contribution in [0, 0.1) is 0 Å². The summed E-state index contributed by atoms with van der Waals surface area (Å²) in [5, 5.41) is 10.3. The first-order valence-electron chi connectivity index (χ1n) is 6.72. The van der Waals surface area contributed by atoms with Crippen molar-refractivity contribution in [3.05, 3.63) is 23.0 Å². The fraction of sp³-hybridized carbons (Fsp3) is 0.615. The molecule has 110 valence electrons. The molecular formula is C13H18ClN3O3. The SMILES string of the molecule is O=C(NCCCOCC1CCCO1)c1ccc(Cl)nn1. The maximum atomic E-state index is 11.7. The molecule has 1 fully saturated rings. The van der Waals surface area contributed by atoms with Gasteiger partial charge in [0.1, 0.15) is 0 Å². The van der Waals surface area contributed by atoms with Crippen molar-refractivity contribution in [1.82, 2.24) is 15.5 Å². The molecular weight excluding hydrogens is 282 g/mol. The molecule has 1 aliphatic heterocycles. The molecule has 7 heteroatoms. The van der Waals surface area contributed by atoms with Crippen LogP contribution in [-0.4, -0.2) is 48.6 Å². The quantitative estimate of drug-likeness (QED) is 0.771. The third-order valence-corrected chi connectivity index (χ3v) is 3.14. The van der Waals surface area contributed by atoms with Gasteiger partial charge in [0, 0.05) is 19.8 Å². The maximum Gasteiger partial charge on any atom is 0.271 e. The molecule has 1 aromatic heterocycles. The summed E-state index contributed by atoms with van der Waals surface area (Å²) in [4.78, 5) is 11.7. The first-order valence-corrected chi connectivity index (χ1v) is 7.10. The first kappa shape index (κ1) is 15.2. The molecule has 1 amide bonds. The van der Waals surface area contributed by atoms with Gasteiger partial charge >= 0.3 is 0 Å². The third-order valence-electron chi connectivity index (χ3n) is 2.94. The fourth-order valence-electron chi connectivity index (χ4n) is 1.89. The van der Waals surface area contributed by atoms with E-state index >= 15 is 0 Å². The van der Waals surface area contributed by atoms with Crippen LogP contribution in [0.25, 0.3) is 0 Å². The Morgan fingerprint density at radius 2 is 2.40 bits per heavy atom. The van der Waals surface area contributed by atoms with Gasteiger partial charge in [-0.15, -0.1) is 10.2 Å². The zero-order valence-corrected chi connectivity index (χ0v) is 11.9. The lowest BCUT2D eigenvalue weighted by molar-refractivity contribution is 0.0166. The van der Waals surface area contributed by atoms with E-state index < -0.39 is 0 Å². The van der Waals surface area contributed by atoms with Crippen molar-refractivity contribution < 1.29 is 14.3 Å². The van der Waals surface area contributed by atoms with Gasteiger partial charge in [0.2, 0.25) is 0 Å². The average molecular weight is 300 g/mol. The Hall–Kier alpha value is -1.24. The monoisotopic (exact) mass is 299 g/mol. The van der Waals surface area contributed by atoms with Crippen LogP contribution >= 0.6 is 11.6 Å². The van der Waals surface area contributed by atoms with Crippen molar-refractivity contribution in [3.63, 3.8) is 0 Å². The van der Waals surface area contributed by atoms with E-state index in [2.05, 4.69) is 15.5 Å². The molecule has 0 spiro atoms. The number of carbonyl (C=O) groups excluding carboxylic acids is 1. The van der Waals surface area contributed by atoms with Crippen molar-refractivity contribution in [3.8, 4) is 0 Å². The zero-order chi connectivity index (χ0) is 14.2. The minimum absolute atomic E-state index is 0.244. The van der Waals surface area contributed by atoms with Gasteiger partial charge in [-0.05, 0) is 31.4 Å². The van der Waals surface area contributed by atoms with Crippen molar-refractivity contribution in [2.75, 3.05) is 26.4 Å². The van der Waals surface area contributed by atoms with Gasteiger partial charge in [-0.1, -0.05) is 11.6 Å². The lowest BCUT2D eigenvalue weighted by Crippen LogP contribution is -2.26. The Morgan fingerprint density at radius 1 is 1.50 bits per heavy atom. The van der Waals surface area contributed by atoms with Gasteiger partial charge in [0.25, 0.3) is 5.91 Å². The highest BCUT2D eigenvalue weighted by Gasteiger charge is 2.15. The van der Waals surface area contributed by atoms with Crippen LogP contribution < -0.4 is 5.32 Å². The lowest BCUT2D eigenvalue weighted by Gasteiger charge is -2.10. The number of carbonyl (C=O) groups is 1. The summed E-state index contributed by atoms with van der Waals surface area (Å²) in [6.45, 7) is 2.61. The molecule has 0 bridgehead atoms. The highest BCUT2D eigenvalue weighted by atomic mass is 35.5. The largest absolute Gasteiger partial charge is 0.379 e. The number of rotatable bonds is 7. The maximum absolute atomic E-state index is 11.7. The number of nitrogens with zero attached hydrogens (tertiary/aromatic N) is 2. The highest BCUT2D eigenvalue weighted by Crippen LogP contribution is 2.11. The standard InChI is InChI=1S/C13H18ClN3O3/c14-12-5-4-11(16-17-12)13(18)15-6-2-7-19-9-10-3-1-8-20-10/h4-5,10H,1-3,6-9H2,(H,15,18). The van der Waals surface area contributed by atoms with E-state index in [1.165, 1.54) is 6.07 Å². The molecule has 1 aromatic rings. The summed E-state index contributed by atoms with van der Waals surface area (Å²) in [7, 11) is 0. The number of ether oxygens (including phenoxy) is 2. The van der Waals surface area contributed by atoms with E-state index in [-0.39, 0.29) is 22.9 Å². The van der Waals surface area contributed by atoms with E-state index in [1.807, 2.05) is 0 Å². The fourth-order valence-corrected chi connectivity index (χ4v) is 2.00. The van der Waals surface area contributed by atoms with Crippen LogP contribution in [0.15, 0.2) is 12.1 Å². The van der Waals surface area contributed by atoms with Crippen LogP contribution in [0.4, 0.5) is 0 Å². The Bertz CT molecular complexity index is 421. The molecule has 20 heavy (non-hydrogen) atoms. The molecule has 0 radical (unpaired) electrons. The summed E-state index contributed by atoms with van der Waals surface area (Å²) in [6.07, 6.45) is 3.19. The number of amides is 1. The Morgan fingerprint density at radius 3 is 3.10 bits per heavy atom. The predicted octanol–water partition coefficient (Wildman–Crippen LogP) is 1.45. The molecule has 2 rings (SSSR count). The van der Waals surface area contributed by atoms with Crippen LogP contribution in [0.2, 0.25) is 5.15 Å². The topological polar surface area (TPSA) is 73.3 Å². The Kier molecular flexibility index (Phi) is 6.17. The predicted molar refractivity (Wildman–Crippen MR) is 73.8 cm³/mol. The number of hydrogen-bond acceptors (Lipinski definition) is 5. The molecule has 6 nitrogen and oxygen atoms in total. The van der Waals surface area contributed by atoms with E-state index in [1.54, 1.807) is 6.07 Å². The summed E-state index contributed by atoms with van der Waals surface area (Å²) < 4.78 is 10.9. The summed E-state index contributed by atoms with van der Waals surface area (Å²) >= 11 is 5.60. The highest BCUT2D eigenvalue weighted by molar-refractivity contribution is 6.29. The number of hydrogen-bond donors (Lipinski definition) is 1. The molecule has 1 saturated heterocycles. The molecule has 0 aromatic carbocycles. The van der Waals surface area contributed by atoms with Crippen molar-refractivity contribution in [2.45, 2.75) is 25.4 Å². The number of aromatic nitrogens is 2. The minimum Gasteiger partial charge on any atom is -0.379 e. The molecule has 2 heterocycles. The summed E-state index contributed by atoms with van der Waals surface area (Å²) in [5.41, 5.74) is 0.259. The molecule has 0 aliphatic carbocycles. The summed E-state index contributed by atoms with van der Waals surface area (Å²) in [6, 6.07) is 3.08. The molecule has 1 atom stereocenters. The van der Waals surface area contributed by atoms with Crippen LogP contribution in [0.3, 0.4) is 0 Å². The normalized spacial score (nSPS) is 18.1. The molecule has 1 aliphatic rings. The van der Waals surface area contributed by atoms with Crippen LogP contribution in [0.1, 0.15) is 29.8 Å². The Balaban J connectivity index is 1.54. The zero-order valence-electron chi connectivity index (χ0n) is 11.2. The lowest BCUT2D eigenvalue weighted by atomic mass is 10.2. The van der Waals surface area contributed by atoms with E-state index in [9.17, 15) is 4.79 Å². The minimum atomic E-state index is -0.256. The van der Waals surface area contributed by atoms with Crippen molar-refractivity contribution in [1.29, 1.82) is 0 Å². The summed E-state index contributed by atoms with van der Waals surface area (Å²) in [5.74, 6) is -0.256. The third kappa shape index (κ3) is 5.03. The second kappa shape index (κ2) is 8.14. The van der Waals surface area contributed by atoms with Gasteiger partial charge in [-0.25, -0.2) is 0 Å².